The summed E-state index contributed by atoms with van der Waals surface area (Å²) < 4.78 is 6.68. The number of amides is 1. The maximum absolute atomic E-state index is 12.5. The van der Waals surface area contributed by atoms with Gasteiger partial charge in [0.1, 0.15) is 5.58 Å². The van der Waals surface area contributed by atoms with Crippen LogP contribution in [0.5, 0.6) is 0 Å². The molecule has 0 radical (unpaired) electrons. The monoisotopic (exact) mass is 357 g/mol. The molecule has 0 fully saturated rings. The molecule has 0 bridgehead atoms. The number of hydrogen-bond donors (Lipinski definition) is 1. The van der Waals surface area contributed by atoms with Gasteiger partial charge in [0, 0.05) is 21.1 Å². The van der Waals surface area contributed by atoms with Crippen LogP contribution >= 0.6 is 15.9 Å². The van der Waals surface area contributed by atoms with Crippen molar-refractivity contribution >= 4 is 38.5 Å². The molecule has 0 saturated heterocycles. The second-order valence-corrected chi connectivity index (χ2v) is 6.12. The van der Waals surface area contributed by atoms with Crippen LogP contribution in [0.2, 0.25) is 0 Å². The van der Waals surface area contributed by atoms with E-state index in [0.29, 0.717) is 11.3 Å². The van der Waals surface area contributed by atoms with Gasteiger partial charge < -0.3 is 9.73 Å². The van der Waals surface area contributed by atoms with Crippen LogP contribution in [0, 0.1) is 6.92 Å². The molecule has 1 heterocycles. The Balaban J connectivity index is 1.93. The third kappa shape index (κ3) is 2.79. The van der Waals surface area contributed by atoms with Crippen molar-refractivity contribution in [1.82, 2.24) is 0 Å². The Kier molecular flexibility index (Phi) is 4.03. The molecule has 0 aliphatic rings. The van der Waals surface area contributed by atoms with E-state index in [0.717, 1.165) is 27.5 Å². The number of fused-ring (bicyclic) bond motifs is 1. The fourth-order valence-electron chi connectivity index (χ4n) is 2.47. The standard InChI is InChI=1S/C18H16BrNO2/c1-3-12-5-4-6-14(9-12)20-18(21)17-11(2)15-10-13(19)7-8-16(15)22-17/h4-10H,3H2,1-2H3,(H,20,21). The smallest absolute Gasteiger partial charge is 0.291 e. The molecule has 1 aromatic heterocycles. The first-order valence-corrected chi connectivity index (χ1v) is 7.96. The van der Waals surface area contributed by atoms with E-state index in [1.807, 2.05) is 49.4 Å². The first-order valence-electron chi connectivity index (χ1n) is 7.17. The van der Waals surface area contributed by atoms with Crippen LogP contribution in [0.4, 0.5) is 5.69 Å². The molecular formula is C18H16BrNO2. The number of carbonyl (C=O) groups is 1. The van der Waals surface area contributed by atoms with Crippen LogP contribution in [0.1, 0.15) is 28.6 Å². The SMILES string of the molecule is CCc1cccc(NC(=O)c2oc3ccc(Br)cc3c2C)c1. The lowest BCUT2D eigenvalue weighted by atomic mass is 10.1. The lowest BCUT2D eigenvalue weighted by Gasteiger charge is -2.05. The first-order chi connectivity index (χ1) is 10.6. The van der Waals surface area contributed by atoms with Gasteiger partial charge in [-0.1, -0.05) is 35.0 Å². The molecular weight excluding hydrogens is 342 g/mol. The highest BCUT2D eigenvalue weighted by atomic mass is 79.9. The van der Waals surface area contributed by atoms with Gasteiger partial charge in [-0.3, -0.25) is 4.79 Å². The van der Waals surface area contributed by atoms with Crippen molar-refractivity contribution in [2.45, 2.75) is 20.3 Å². The molecule has 0 spiro atoms. The van der Waals surface area contributed by atoms with E-state index in [2.05, 4.69) is 28.2 Å². The lowest BCUT2D eigenvalue weighted by Crippen LogP contribution is -2.12. The van der Waals surface area contributed by atoms with E-state index in [1.165, 1.54) is 5.56 Å². The third-order valence-corrected chi connectivity index (χ3v) is 4.19. The zero-order valence-electron chi connectivity index (χ0n) is 12.4. The molecule has 3 aromatic rings. The number of carbonyl (C=O) groups excluding carboxylic acids is 1. The van der Waals surface area contributed by atoms with Crippen LogP contribution in [-0.2, 0) is 6.42 Å². The number of aryl methyl sites for hydroxylation is 2. The molecule has 112 valence electrons. The van der Waals surface area contributed by atoms with Gasteiger partial charge >= 0.3 is 0 Å². The lowest BCUT2D eigenvalue weighted by molar-refractivity contribution is 0.0998. The highest BCUT2D eigenvalue weighted by molar-refractivity contribution is 9.10. The van der Waals surface area contributed by atoms with E-state index in [9.17, 15) is 4.79 Å². The van der Waals surface area contributed by atoms with Gasteiger partial charge in [0.15, 0.2) is 5.76 Å². The number of halogens is 1. The van der Waals surface area contributed by atoms with Gasteiger partial charge in [0.05, 0.1) is 0 Å². The van der Waals surface area contributed by atoms with Crippen molar-refractivity contribution in [1.29, 1.82) is 0 Å². The topological polar surface area (TPSA) is 42.2 Å². The molecule has 0 atom stereocenters. The molecule has 1 N–H and O–H groups in total. The molecule has 1 amide bonds. The Bertz CT molecular complexity index is 851. The highest BCUT2D eigenvalue weighted by Crippen LogP contribution is 2.28. The van der Waals surface area contributed by atoms with E-state index in [-0.39, 0.29) is 5.91 Å². The van der Waals surface area contributed by atoms with Crippen LogP contribution in [-0.4, -0.2) is 5.91 Å². The third-order valence-electron chi connectivity index (χ3n) is 3.70. The van der Waals surface area contributed by atoms with E-state index < -0.39 is 0 Å². The van der Waals surface area contributed by atoms with Crippen molar-refractivity contribution < 1.29 is 9.21 Å². The first kappa shape index (κ1) is 14.9. The molecule has 0 aliphatic heterocycles. The van der Waals surface area contributed by atoms with E-state index >= 15 is 0 Å². The van der Waals surface area contributed by atoms with E-state index in [4.69, 9.17) is 4.42 Å². The largest absolute Gasteiger partial charge is 0.451 e. The van der Waals surface area contributed by atoms with Crippen molar-refractivity contribution in [2.75, 3.05) is 5.32 Å². The summed E-state index contributed by atoms with van der Waals surface area (Å²) in [5.41, 5.74) is 3.53. The molecule has 0 unspecified atom stereocenters. The summed E-state index contributed by atoms with van der Waals surface area (Å²) in [6.07, 6.45) is 0.932. The van der Waals surface area contributed by atoms with Crippen molar-refractivity contribution in [3.63, 3.8) is 0 Å². The molecule has 0 saturated carbocycles. The fraction of sp³-hybridized carbons (Fsp3) is 0.167. The number of nitrogens with one attached hydrogen (secondary N) is 1. The minimum absolute atomic E-state index is 0.224. The Morgan fingerprint density at radius 2 is 2.05 bits per heavy atom. The predicted molar refractivity (Wildman–Crippen MR) is 92.4 cm³/mol. The minimum atomic E-state index is -0.224. The number of rotatable bonds is 3. The van der Waals surface area contributed by atoms with Gasteiger partial charge in [-0.05, 0) is 49.2 Å². The van der Waals surface area contributed by atoms with Gasteiger partial charge in [0.25, 0.3) is 5.91 Å². The Morgan fingerprint density at radius 3 is 2.82 bits per heavy atom. The van der Waals surface area contributed by atoms with E-state index in [1.54, 1.807) is 0 Å². The quantitative estimate of drug-likeness (QED) is 0.689. The Morgan fingerprint density at radius 1 is 1.23 bits per heavy atom. The molecule has 3 rings (SSSR count). The summed E-state index contributed by atoms with van der Waals surface area (Å²) in [6, 6.07) is 13.6. The van der Waals surface area contributed by atoms with Crippen LogP contribution in [0.15, 0.2) is 51.4 Å². The zero-order chi connectivity index (χ0) is 15.7. The number of anilines is 1. The summed E-state index contributed by atoms with van der Waals surface area (Å²) in [4.78, 5) is 12.5. The molecule has 2 aromatic carbocycles. The second kappa shape index (κ2) is 5.97. The van der Waals surface area contributed by atoms with Crippen LogP contribution < -0.4 is 5.32 Å². The summed E-state index contributed by atoms with van der Waals surface area (Å²) in [6.45, 7) is 3.98. The number of benzene rings is 2. The maximum Gasteiger partial charge on any atom is 0.291 e. The molecule has 4 heteroatoms. The van der Waals surface area contributed by atoms with Gasteiger partial charge in [-0.2, -0.15) is 0 Å². The summed E-state index contributed by atoms with van der Waals surface area (Å²) in [5.74, 6) is 0.132. The normalized spacial score (nSPS) is 10.9. The molecule has 3 nitrogen and oxygen atoms in total. The van der Waals surface area contributed by atoms with Gasteiger partial charge in [-0.25, -0.2) is 0 Å². The zero-order valence-corrected chi connectivity index (χ0v) is 14.0. The predicted octanol–water partition coefficient (Wildman–Crippen LogP) is 5.32. The average Bonchev–Trinajstić information content (AvgIpc) is 2.84. The fourth-order valence-corrected chi connectivity index (χ4v) is 2.83. The van der Waals surface area contributed by atoms with Crippen molar-refractivity contribution in [2.24, 2.45) is 0 Å². The minimum Gasteiger partial charge on any atom is -0.451 e. The molecule has 0 aliphatic carbocycles. The van der Waals surface area contributed by atoms with Crippen LogP contribution in [0.25, 0.3) is 11.0 Å². The highest BCUT2D eigenvalue weighted by Gasteiger charge is 2.18. The Labute approximate surface area is 137 Å². The summed E-state index contributed by atoms with van der Waals surface area (Å²) in [7, 11) is 0. The average molecular weight is 358 g/mol. The molecule has 22 heavy (non-hydrogen) atoms. The maximum atomic E-state index is 12.5. The van der Waals surface area contributed by atoms with Crippen molar-refractivity contribution in [3.8, 4) is 0 Å². The van der Waals surface area contributed by atoms with Gasteiger partial charge in [-0.15, -0.1) is 0 Å². The number of furan rings is 1. The second-order valence-electron chi connectivity index (χ2n) is 5.20. The summed E-state index contributed by atoms with van der Waals surface area (Å²) in [5, 5.41) is 3.85. The van der Waals surface area contributed by atoms with Crippen LogP contribution in [0.3, 0.4) is 0 Å². The summed E-state index contributed by atoms with van der Waals surface area (Å²) >= 11 is 3.44. The number of hydrogen-bond acceptors (Lipinski definition) is 2. The van der Waals surface area contributed by atoms with Crippen molar-refractivity contribution in [3.05, 3.63) is 63.8 Å². The Hall–Kier alpha value is -2.07. The van der Waals surface area contributed by atoms with Gasteiger partial charge in [0.2, 0.25) is 0 Å².